The average molecular weight is 373 g/mol. The molecule has 0 saturated heterocycles. The normalized spacial score (nSPS) is 14.2. The second-order valence-corrected chi connectivity index (χ2v) is 9.30. The second kappa shape index (κ2) is 7.81. The van der Waals surface area contributed by atoms with Crippen LogP contribution in [0.5, 0.6) is 0 Å². The van der Waals surface area contributed by atoms with Gasteiger partial charge in [0.1, 0.15) is 11.0 Å². The average Bonchev–Trinajstić information content (AvgIpc) is 2.83. The summed E-state index contributed by atoms with van der Waals surface area (Å²) in [6.07, 6.45) is 0.334. The lowest BCUT2D eigenvalue weighted by Gasteiger charge is -2.13. The molecule has 0 aliphatic carbocycles. The van der Waals surface area contributed by atoms with Crippen molar-refractivity contribution in [3.8, 4) is 0 Å². The third-order valence-corrected chi connectivity index (χ3v) is 6.57. The molecule has 1 aromatic heterocycles. The summed E-state index contributed by atoms with van der Waals surface area (Å²) in [7, 11) is -6.05. The Morgan fingerprint density at radius 2 is 1.91 bits per heavy atom. The molecule has 0 fully saturated rings. The molecule has 1 unspecified atom stereocenters. The summed E-state index contributed by atoms with van der Waals surface area (Å²) in [4.78, 5) is 0.160. The predicted molar refractivity (Wildman–Crippen MR) is 81.0 cm³/mol. The van der Waals surface area contributed by atoms with Gasteiger partial charge < -0.3 is 14.2 Å². The Labute approximate surface area is 134 Å². The number of sulfonamides is 1. The smallest absolute Gasteiger partial charge is 0.247 e. The summed E-state index contributed by atoms with van der Waals surface area (Å²) < 4.78 is 61.4. The Morgan fingerprint density at radius 3 is 2.41 bits per heavy atom. The standard InChI is InChI=1S/C11H19NO7S3/c1-8(19-7-18-5-4-17-2)11-9(21(3,13)14)6-10(20-11)22(12,15)16/h6,8H,4-5,7H2,1-3H3,(H2,12,15,16). The number of rotatable bonds is 9. The molecule has 0 bridgehead atoms. The van der Waals surface area contributed by atoms with Gasteiger partial charge in [-0.2, -0.15) is 0 Å². The van der Waals surface area contributed by atoms with Crippen LogP contribution in [0, 0.1) is 0 Å². The molecule has 128 valence electrons. The molecule has 0 aliphatic rings. The molecule has 0 spiro atoms. The lowest BCUT2D eigenvalue weighted by atomic mass is 10.3. The minimum absolute atomic E-state index is 0.0731. The number of thiophene rings is 1. The Hall–Kier alpha value is -0.560. The molecule has 1 aromatic rings. The van der Waals surface area contributed by atoms with Gasteiger partial charge in [0.05, 0.1) is 29.1 Å². The van der Waals surface area contributed by atoms with E-state index in [4.69, 9.17) is 19.3 Å². The summed E-state index contributed by atoms with van der Waals surface area (Å²) in [6, 6.07) is 1.05. The molecule has 1 heterocycles. The van der Waals surface area contributed by atoms with E-state index in [1.807, 2.05) is 0 Å². The highest BCUT2D eigenvalue weighted by Crippen LogP contribution is 2.35. The number of ether oxygens (including phenoxy) is 3. The molecular weight excluding hydrogens is 354 g/mol. The van der Waals surface area contributed by atoms with Crippen LogP contribution in [0.25, 0.3) is 0 Å². The van der Waals surface area contributed by atoms with Gasteiger partial charge in [-0.25, -0.2) is 22.0 Å². The zero-order chi connectivity index (χ0) is 17.0. The second-order valence-electron chi connectivity index (χ2n) is 4.44. The molecule has 0 aliphatic heterocycles. The van der Waals surface area contributed by atoms with Gasteiger partial charge in [-0.1, -0.05) is 0 Å². The van der Waals surface area contributed by atoms with Crippen LogP contribution in [-0.4, -0.2) is 50.2 Å². The number of hydrogen-bond donors (Lipinski definition) is 1. The minimum atomic E-state index is -3.98. The molecule has 11 heteroatoms. The summed E-state index contributed by atoms with van der Waals surface area (Å²) >= 11 is 0.772. The van der Waals surface area contributed by atoms with Crippen LogP contribution in [0.3, 0.4) is 0 Å². The maximum absolute atomic E-state index is 11.8. The van der Waals surface area contributed by atoms with E-state index in [2.05, 4.69) is 0 Å². The van der Waals surface area contributed by atoms with Gasteiger partial charge in [0.2, 0.25) is 10.0 Å². The van der Waals surface area contributed by atoms with E-state index >= 15 is 0 Å². The van der Waals surface area contributed by atoms with Crippen LogP contribution >= 0.6 is 11.3 Å². The van der Waals surface area contributed by atoms with E-state index in [-0.39, 0.29) is 20.8 Å². The molecule has 0 amide bonds. The fraction of sp³-hybridized carbons (Fsp3) is 0.636. The highest BCUT2D eigenvalue weighted by Gasteiger charge is 2.26. The van der Waals surface area contributed by atoms with Gasteiger partial charge >= 0.3 is 0 Å². The zero-order valence-corrected chi connectivity index (χ0v) is 14.9. The van der Waals surface area contributed by atoms with Gasteiger partial charge in [0.25, 0.3) is 0 Å². The summed E-state index contributed by atoms with van der Waals surface area (Å²) in [5.41, 5.74) is 0. The molecular formula is C11H19NO7S3. The van der Waals surface area contributed by atoms with Crippen LogP contribution < -0.4 is 5.14 Å². The van der Waals surface area contributed by atoms with Crippen molar-refractivity contribution in [3.63, 3.8) is 0 Å². The summed E-state index contributed by atoms with van der Waals surface area (Å²) in [5, 5.41) is 5.05. The predicted octanol–water partition coefficient (Wildman–Crippen LogP) is 0.497. The first-order chi connectivity index (χ1) is 10.1. The first kappa shape index (κ1) is 19.5. The molecule has 8 nitrogen and oxygen atoms in total. The van der Waals surface area contributed by atoms with Gasteiger partial charge in [-0.05, 0) is 13.0 Å². The summed E-state index contributed by atoms with van der Waals surface area (Å²) in [5.74, 6) is 0. The van der Waals surface area contributed by atoms with E-state index in [0.29, 0.717) is 13.2 Å². The van der Waals surface area contributed by atoms with E-state index in [1.165, 1.54) is 7.11 Å². The van der Waals surface area contributed by atoms with Crippen molar-refractivity contribution in [2.45, 2.75) is 22.1 Å². The van der Waals surface area contributed by atoms with Crippen LogP contribution in [0.4, 0.5) is 0 Å². The van der Waals surface area contributed by atoms with E-state index in [0.717, 1.165) is 23.7 Å². The molecule has 2 N–H and O–H groups in total. The van der Waals surface area contributed by atoms with Crippen LogP contribution in [-0.2, 0) is 34.1 Å². The van der Waals surface area contributed by atoms with Crippen molar-refractivity contribution in [1.29, 1.82) is 0 Å². The van der Waals surface area contributed by atoms with Gasteiger partial charge in [-0.15, -0.1) is 11.3 Å². The Kier molecular flexibility index (Phi) is 6.92. The number of sulfone groups is 1. The SMILES string of the molecule is COCCOCOC(C)c1sc(S(N)(=O)=O)cc1S(C)(=O)=O. The fourth-order valence-electron chi connectivity index (χ4n) is 1.51. The van der Waals surface area contributed by atoms with Crippen molar-refractivity contribution in [1.82, 2.24) is 0 Å². The largest absolute Gasteiger partial charge is 0.382 e. The van der Waals surface area contributed by atoms with Gasteiger partial charge in [0, 0.05) is 13.4 Å². The van der Waals surface area contributed by atoms with Crippen LogP contribution in [0.2, 0.25) is 0 Å². The van der Waals surface area contributed by atoms with E-state index in [9.17, 15) is 16.8 Å². The highest BCUT2D eigenvalue weighted by atomic mass is 32.2. The number of nitrogens with two attached hydrogens (primary N) is 1. The topological polar surface area (TPSA) is 122 Å². The van der Waals surface area contributed by atoms with Gasteiger partial charge in [0.15, 0.2) is 9.84 Å². The molecule has 22 heavy (non-hydrogen) atoms. The fourth-order valence-corrected chi connectivity index (χ4v) is 4.90. The molecule has 0 radical (unpaired) electrons. The Morgan fingerprint density at radius 1 is 1.27 bits per heavy atom. The van der Waals surface area contributed by atoms with Crippen LogP contribution in [0.1, 0.15) is 17.9 Å². The quantitative estimate of drug-likeness (QED) is 0.494. The van der Waals surface area contributed by atoms with Gasteiger partial charge in [-0.3, -0.25) is 0 Å². The Bertz CT molecular complexity index is 693. The van der Waals surface area contributed by atoms with Crippen LogP contribution in [0.15, 0.2) is 15.2 Å². The maximum atomic E-state index is 11.8. The van der Waals surface area contributed by atoms with E-state index in [1.54, 1.807) is 6.92 Å². The molecule has 1 atom stereocenters. The van der Waals surface area contributed by atoms with Crippen molar-refractivity contribution in [3.05, 3.63) is 10.9 Å². The third-order valence-electron chi connectivity index (χ3n) is 2.58. The summed E-state index contributed by atoms with van der Waals surface area (Å²) in [6.45, 7) is 2.26. The molecule has 0 saturated carbocycles. The minimum Gasteiger partial charge on any atom is -0.382 e. The van der Waals surface area contributed by atoms with Crippen molar-refractivity contribution < 1.29 is 31.0 Å². The van der Waals surface area contributed by atoms with Crippen molar-refractivity contribution in [2.75, 3.05) is 33.4 Å². The number of primary sulfonamides is 1. The highest BCUT2D eigenvalue weighted by molar-refractivity contribution is 7.92. The first-order valence-corrected chi connectivity index (χ1v) is 10.4. The monoisotopic (exact) mass is 373 g/mol. The number of hydrogen-bond acceptors (Lipinski definition) is 8. The first-order valence-electron chi connectivity index (χ1n) is 6.12. The Balaban J connectivity index is 2.95. The third kappa shape index (κ3) is 5.57. The molecule has 1 rings (SSSR count). The zero-order valence-electron chi connectivity index (χ0n) is 12.4. The number of methoxy groups -OCH3 is 1. The van der Waals surface area contributed by atoms with E-state index < -0.39 is 26.0 Å². The maximum Gasteiger partial charge on any atom is 0.247 e. The molecule has 0 aromatic carbocycles. The van der Waals surface area contributed by atoms with Crippen molar-refractivity contribution >= 4 is 31.2 Å². The lowest BCUT2D eigenvalue weighted by molar-refractivity contribution is -0.0935. The van der Waals surface area contributed by atoms with Crippen molar-refractivity contribution in [2.24, 2.45) is 5.14 Å². The lowest BCUT2D eigenvalue weighted by Crippen LogP contribution is -2.10.